The number of benzene rings is 1. The summed E-state index contributed by atoms with van der Waals surface area (Å²) in [7, 11) is 0. The van der Waals surface area contributed by atoms with Gasteiger partial charge >= 0.3 is 6.18 Å². The molecule has 3 rings (SSSR count). The summed E-state index contributed by atoms with van der Waals surface area (Å²) in [5, 5.41) is 3.49. The monoisotopic (exact) mass is 369 g/mol. The van der Waals surface area contributed by atoms with Gasteiger partial charge in [0.25, 0.3) is 0 Å². The van der Waals surface area contributed by atoms with Gasteiger partial charge in [-0.15, -0.1) is 0 Å². The van der Waals surface area contributed by atoms with Crippen molar-refractivity contribution in [1.29, 1.82) is 0 Å². The van der Waals surface area contributed by atoms with E-state index in [1.54, 1.807) is 25.3 Å². The van der Waals surface area contributed by atoms with Gasteiger partial charge in [-0.1, -0.05) is 6.07 Å². The second kappa shape index (κ2) is 8.03. The Morgan fingerprint density at radius 3 is 2.81 bits per heavy atom. The first-order chi connectivity index (χ1) is 12.5. The largest absolute Gasteiger partial charge is 0.490 e. The van der Waals surface area contributed by atoms with E-state index in [-0.39, 0.29) is 11.8 Å². The Morgan fingerprint density at radius 1 is 1.19 bits per heavy atom. The lowest BCUT2D eigenvalue weighted by atomic mass is 9.93. The second-order valence-electron chi connectivity index (χ2n) is 6.24. The van der Waals surface area contributed by atoms with Crippen LogP contribution < -0.4 is 14.8 Å². The van der Waals surface area contributed by atoms with Crippen LogP contribution in [0.4, 0.5) is 13.2 Å². The van der Waals surface area contributed by atoms with Crippen LogP contribution in [0.3, 0.4) is 0 Å². The Hall–Kier alpha value is -2.15. The molecule has 0 aliphatic heterocycles. The van der Waals surface area contributed by atoms with Crippen LogP contribution in [0.15, 0.2) is 34.9 Å². The fourth-order valence-electron chi connectivity index (χ4n) is 3.15. The van der Waals surface area contributed by atoms with Crippen molar-refractivity contribution in [1.82, 2.24) is 5.32 Å². The van der Waals surface area contributed by atoms with Crippen molar-refractivity contribution in [2.45, 2.75) is 44.9 Å². The summed E-state index contributed by atoms with van der Waals surface area (Å²) in [6.45, 7) is 1.37. The van der Waals surface area contributed by atoms with Gasteiger partial charge in [0.2, 0.25) is 0 Å². The van der Waals surface area contributed by atoms with Crippen molar-refractivity contribution in [2.75, 3.05) is 13.2 Å². The smallest absolute Gasteiger partial charge is 0.422 e. The number of nitrogens with one attached hydrogen (secondary N) is 1. The zero-order valence-electron chi connectivity index (χ0n) is 14.6. The zero-order chi connectivity index (χ0) is 18.6. The van der Waals surface area contributed by atoms with Gasteiger partial charge in [0, 0.05) is 24.6 Å². The topological polar surface area (TPSA) is 43.6 Å². The first-order valence-corrected chi connectivity index (χ1v) is 8.71. The fraction of sp³-hybridized carbons (Fsp3) is 0.474. The normalized spacial score (nSPS) is 17.0. The minimum atomic E-state index is -4.38. The third-order valence-electron chi connectivity index (χ3n) is 4.30. The molecule has 1 unspecified atom stereocenters. The number of hydrogen-bond donors (Lipinski definition) is 1. The number of hydrogen-bond acceptors (Lipinski definition) is 4. The van der Waals surface area contributed by atoms with E-state index in [4.69, 9.17) is 13.9 Å². The molecule has 2 aromatic rings. The maximum atomic E-state index is 12.4. The van der Waals surface area contributed by atoms with E-state index in [1.165, 1.54) is 11.6 Å². The third kappa shape index (κ3) is 4.72. The fourth-order valence-corrected chi connectivity index (χ4v) is 3.15. The Balaban J connectivity index is 1.66. The summed E-state index contributed by atoms with van der Waals surface area (Å²) in [5.74, 6) is 1.45. The number of halogens is 3. The molecule has 1 aliphatic carbocycles. The lowest BCUT2D eigenvalue weighted by Gasteiger charge is -2.23. The molecule has 1 heterocycles. The van der Waals surface area contributed by atoms with Crippen LogP contribution in [-0.2, 0) is 13.0 Å². The zero-order valence-corrected chi connectivity index (χ0v) is 14.6. The number of fused-ring (bicyclic) bond motifs is 1. The molecule has 0 saturated carbocycles. The van der Waals surface area contributed by atoms with Gasteiger partial charge in [0.05, 0.1) is 12.9 Å². The minimum absolute atomic E-state index is 0.0997. The molecule has 0 fully saturated rings. The van der Waals surface area contributed by atoms with E-state index in [0.29, 0.717) is 18.9 Å². The lowest BCUT2D eigenvalue weighted by Crippen LogP contribution is -2.24. The van der Waals surface area contributed by atoms with Crippen LogP contribution in [0.25, 0.3) is 0 Å². The molecular weight excluding hydrogens is 347 g/mol. The second-order valence-corrected chi connectivity index (χ2v) is 6.24. The van der Waals surface area contributed by atoms with Crippen LogP contribution in [0.2, 0.25) is 0 Å². The summed E-state index contributed by atoms with van der Waals surface area (Å²) in [6.07, 6.45) is 0.377. The number of ether oxygens (including phenoxy) is 2. The Labute approximate surface area is 150 Å². The van der Waals surface area contributed by atoms with Gasteiger partial charge in [0.1, 0.15) is 5.76 Å². The van der Waals surface area contributed by atoms with Gasteiger partial charge in [-0.25, -0.2) is 0 Å². The summed E-state index contributed by atoms with van der Waals surface area (Å²) in [4.78, 5) is 0. The molecule has 1 aromatic heterocycles. The molecule has 26 heavy (non-hydrogen) atoms. The summed E-state index contributed by atoms with van der Waals surface area (Å²) >= 11 is 0. The molecule has 0 spiro atoms. The predicted octanol–water partition coefficient (Wildman–Crippen LogP) is 4.79. The van der Waals surface area contributed by atoms with Gasteiger partial charge in [0.15, 0.2) is 18.1 Å². The summed E-state index contributed by atoms with van der Waals surface area (Å²) in [6, 6.07) is 7.21. The molecule has 0 radical (unpaired) electrons. The summed E-state index contributed by atoms with van der Waals surface area (Å²) in [5.41, 5.74) is 2.11. The van der Waals surface area contributed by atoms with E-state index < -0.39 is 12.8 Å². The van der Waals surface area contributed by atoms with Crippen molar-refractivity contribution in [3.8, 4) is 11.5 Å². The quantitative estimate of drug-likeness (QED) is 0.762. The predicted molar refractivity (Wildman–Crippen MR) is 90.4 cm³/mol. The first kappa shape index (κ1) is 18.6. The summed E-state index contributed by atoms with van der Waals surface area (Å²) < 4.78 is 52.9. The maximum absolute atomic E-state index is 12.4. The van der Waals surface area contributed by atoms with Crippen LogP contribution in [0, 0.1) is 0 Å². The average Bonchev–Trinajstić information content (AvgIpc) is 3.08. The van der Waals surface area contributed by atoms with E-state index in [9.17, 15) is 13.2 Å². The highest BCUT2D eigenvalue weighted by molar-refractivity contribution is 5.43. The molecule has 142 valence electrons. The average molecular weight is 369 g/mol. The van der Waals surface area contributed by atoms with E-state index >= 15 is 0 Å². The third-order valence-corrected chi connectivity index (χ3v) is 4.30. The molecule has 1 atom stereocenters. The van der Waals surface area contributed by atoms with E-state index in [1.807, 2.05) is 6.07 Å². The molecule has 0 saturated heterocycles. The van der Waals surface area contributed by atoms with Crippen molar-refractivity contribution >= 4 is 0 Å². The maximum Gasteiger partial charge on any atom is 0.422 e. The molecule has 0 bridgehead atoms. The standard InChI is InChI=1S/C19H22F3NO3/c1-2-24-18-10-13(6-7-17(18)26-12-19(20,21)22)11-23-15-4-3-5-16-14(15)8-9-25-16/h6-10,15,23H,2-5,11-12H2,1H3. The highest BCUT2D eigenvalue weighted by Crippen LogP contribution is 2.32. The Morgan fingerprint density at radius 2 is 2.04 bits per heavy atom. The van der Waals surface area contributed by atoms with Crippen LogP contribution >= 0.6 is 0 Å². The number of rotatable bonds is 7. The van der Waals surface area contributed by atoms with Gasteiger partial charge in [-0.05, 0) is 43.5 Å². The molecule has 0 amide bonds. The van der Waals surface area contributed by atoms with Crippen LogP contribution in [0.1, 0.15) is 42.7 Å². The van der Waals surface area contributed by atoms with E-state index in [0.717, 1.165) is 30.6 Å². The van der Waals surface area contributed by atoms with Crippen LogP contribution in [0.5, 0.6) is 11.5 Å². The van der Waals surface area contributed by atoms with Gasteiger partial charge in [-0.2, -0.15) is 13.2 Å². The SMILES string of the molecule is CCOc1cc(CNC2CCCc3occc32)ccc1OCC(F)(F)F. The molecule has 7 heteroatoms. The Bertz CT molecular complexity index is 727. The van der Waals surface area contributed by atoms with Gasteiger partial charge < -0.3 is 19.2 Å². The number of furan rings is 1. The molecular formula is C19H22F3NO3. The van der Waals surface area contributed by atoms with Crippen molar-refractivity contribution in [3.05, 3.63) is 47.4 Å². The number of alkyl halides is 3. The van der Waals surface area contributed by atoms with Crippen molar-refractivity contribution in [3.63, 3.8) is 0 Å². The van der Waals surface area contributed by atoms with E-state index in [2.05, 4.69) is 5.32 Å². The molecule has 1 aliphatic rings. The number of aryl methyl sites for hydroxylation is 1. The van der Waals surface area contributed by atoms with Gasteiger partial charge in [-0.3, -0.25) is 0 Å². The van der Waals surface area contributed by atoms with Crippen molar-refractivity contribution < 1.29 is 27.1 Å². The first-order valence-electron chi connectivity index (χ1n) is 8.71. The highest BCUT2D eigenvalue weighted by Gasteiger charge is 2.29. The molecule has 4 nitrogen and oxygen atoms in total. The van der Waals surface area contributed by atoms with Crippen LogP contribution in [-0.4, -0.2) is 19.4 Å². The Kier molecular flexibility index (Phi) is 5.76. The van der Waals surface area contributed by atoms with Crippen molar-refractivity contribution in [2.24, 2.45) is 0 Å². The lowest BCUT2D eigenvalue weighted by molar-refractivity contribution is -0.153. The molecule has 1 aromatic carbocycles. The molecule has 1 N–H and O–H groups in total. The minimum Gasteiger partial charge on any atom is -0.490 e. The highest BCUT2D eigenvalue weighted by atomic mass is 19.4.